The maximum atomic E-state index is 14.8. The first-order valence-corrected chi connectivity index (χ1v) is 11.6. The van der Waals surface area contributed by atoms with Crippen LogP contribution in [0.25, 0.3) is 11.4 Å². The van der Waals surface area contributed by atoms with Crippen LogP contribution in [0.4, 0.5) is 4.39 Å². The summed E-state index contributed by atoms with van der Waals surface area (Å²) in [5.74, 6) is -0.847. The van der Waals surface area contributed by atoms with Crippen LogP contribution in [0, 0.1) is 5.82 Å². The number of carbonyl (C=O) groups is 1. The normalized spacial score (nSPS) is 17.8. The molecule has 1 heterocycles. The number of halogens is 2. The molecule has 2 atom stereocenters. The lowest BCUT2D eigenvalue weighted by Gasteiger charge is -2.17. The van der Waals surface area contributed by atoms with Crippen LogP contribution in [0.1, 0.15) is 63.3 Å². The van der Waals surface area contributed by atoms with Crippen molar-refractivity contribution in [2.24, 2.45) is 0 Å². The van der Waals surface area contributed by atoms with E-state index in [2.05, 4.69) is 14.9 Å². The molecule has 2 unspecified atom stereocenters. The van der Waals surface area contributed by atoms with Crippen molar-refractivity contribution in [1.82, 2.24) is 14.9 Å². The first-order chi connectivity index (χ1) is 14.8. The Hall–Kier alpha value is -2.10. The van der Waals surface area contributed by atoms with Crippen molar-refractivity contribution in [3.8, 4) is 11.4 Å². The largest absolute Gasteiger partial charge is 0.480 e. The van der Waals surface area contributed by atoms with Crippen molar-refractivity contribution in [1.29, 1.82) is 0 Å². The minimum Gasteiger partial charge on any atom is -0.480 e. The average Bonchev–Trinajstić information content (AvgIpc) is 3.23. The highest BCUT2D eigenvalue weighted by atomic mass is 35.5. The number of carboxylic acid groups (broad SMARTS) is 1. The molecule has 1 aliphatic rings. The van der Waals surface area contributed by atoms with Crippen molar-refractivity contribution in [3.63, 3.8) is 0 Å². The van der Waals surface area contributed by atoms with Gasteiger partial charge in [-0.05, 0) is 50.8 Å². The Bertz CT molecular complexity index is 1000. The van der Waals surface area contributed by atoms with Crippen LogP contribution >= 0.6 is 11.6 Å². The molecular weight excluding hydrogens is 445 g/mol. The van der Waals surface area contributed by atoms with E-state index in [4.69, 9.17) is 16.1 Å². The van der Waals surface area contributed by atoms with Gasteiger partial charge in [-0.1, -0.05) is 42.1 Å². The Labute approximate surface area is 187 Å². The SMILES string of the molecule is C/C(Cl)=C(\C)S(=O)NC(Cc1ccc(-c2noc(C3CCCCC3)n2)c(F)c1)C(=O)O. The number of benzene rings is 1. The molecule has 10 heteroatoms. The second kappa shape index (κ2) is 10.5. The van der Waals surface area contributed by atoms with E-state index in [0.29, 0.717) is 21.4 Å². The molecule has 0 saturated heterocycles. The molecule has 2 aromatic rings. The van der Waals surface area contributed by atoms with Crippen molar-refractivity contribution in [3.05, 3.63) is 45.4 Å². The van der Waals surface area contributed by atoms with E-state index < -0.39 is 28.8 Å². The van der Waals surface area contributed by atoms with Crippen molar-refractivity contribution in [2.75, 3.05) is 0 Å². The molecule has 0 radical (unpaired) electrons. The van der Waals surface area contributed by atoms with Crippen molar-refractivity contribution >= 4 is 28.6 Å². The summed E-state index contributed by atoms with van der Waals surface area (Å²) in [4.78, 5) is 16.3. The number of carboxylic acids is 1. The lowest BCUT2D eigenvalue weighted by atomic mass is 9.89. The summed E-state index contributed by atoms with van der Waals surface area (Å²) in [7, 11) is -1.77. The first kappa shape index (κ1) is 23.6. The summed E-state index contributed by atoms with van der Waals surface area (Å²) in [5, 5.41) is 13.7. The van der Waals surface area contributed by atoms with E-state index >= 15 is 0 Å². The average molecular weight is 470 g/mol. The molecule has 0 amide bonds. The van der Waals surface area contributed by atoms with Gasteiger partial charge in [-0.15, -0.1) is 0 Å². The number of hydrogen-bond acceptors (Lipinski definition) is 5. The summed E-state index contributed by atoms with van der Waals surface area (Å²) in [5.41, 5.74) is 0.618. The molecule has 1 aliphatic carbocycles. The highest BCUT2D eigenvalue weighted by Gasteiger charge is 2.24. The predicted octanol–water partition coefficient (Wildman–Crippen LogP) is 4.66. The molecule has 1 saturated carbocycles. The second-order valence-corrected chi connectivity index (χ2v) is 9.63. The Kier molecular flexibility index (Phi) is 7.96. The molecule has 3 rings (SSSR count). The van der Waals surface area contributed by atoms with Crippen molar-refractivity contribution < 1.29 is 23.0 Å². The van der Waals surface area contributed by atoms with Crippen LogP contribution in [-0.2, 0) is 22.2 Å². The van der Waals surface area contributed by atoms with Crippen LogP contribution in [-0.4, -0.2) is 31.5 Å². The third kappa shape index (κ3) is 5.99. The number of rotatable bonds is 8. The maximum absolute atomic E-state index is 14.8. The fraction of sp³-hybridized carbons (Fsp3) is 0.476. The molecule has 1 aromatic heterocycles. The second-order valence-electron chi connectivity index (χ2n) is 7.68. The molecule has 0 bridgehead atoms. The number of aromatic nitrogens is 2. The third-order valence-electron chi connectivity index (χ3n) is 5.42. The van der Waals surface area contributed by atoms with E-state index in [0.717, 1.165) is 25.7 Å². The smallest absolute Gasteiger partial charge is 0.321 e. The fourth-order valence-electron chi connectivity index (χ4n) is 3.49. The van der Waals surface area contributed by atoms with Gasteiger partial charge >= 0.3 is 5.97 Å². The molecule has 1 aromatic carbocycles. The summed E-state index contributed by atoms with van der Waals surface area (Å²) in [6.45, 7) is 3.11. The highest BCUT2D eigenvalue weighted by molar-refractivity contribution is 7.87. The van der Waals surface area contributed by atoms with E-state index in [-0.39, 0.29) is 23.7 Å². The van der Waals surface area contributed by atoms with Crippen LogP contribution < -0.4 is 4.72 Å². The standard InChI is InChI=1S/C21H25ClFN3O4S/c1-12(22)13(2)31(29)26-18(21(27)28)11-14-8-9-16(17(23)10-14)19-24-20(30-25-19)15-6-4-3-5-7-15/h8-10,15,18,26H,3-7,11H2,1-2H3,(H,27,28)/b13-12-. The predicted molar refractivity (Wildman–Crippen MR) is 116 cm³/mol. The Balaban J connectivity index is 1.74. The molecule has 168 valence electrons. The van der Waals surface area contributed by atoms with Gasteiger partial charge in [0.2, 0.25) is 11.7 Å². The van der Waals surface area contributed by atoms with Crippen molar-refractivity contribution in [2.45, 2.75) is 64.3 Å². The highest BCUT2D eigenvalue weighted by Crippen LogP contribution is 2.33. The van der Waals surface area contributed by atoms with Crippen LogP contribution in [0.15, 0.2) is 32.7 Å². The van der Waals surface area contributed by atoms with Gasteiger partial charge in [-0.25, -0.2) is 13.3 Å². The summed E-state index contributed by atoms with van der Waals surface area (Å²) >= 11 is 5.82. The molecular formula is C21H25ClFN3O4S. The number of nitrogens with one attached hydrogen (secondary N) is 1. The summed E-state index contributed by atoms with van der Waals surface area (Å²) < 4.78 is 34.9. The minimum atomic E-state index is -1.77. The zero-order valence-corrected chi connectivity index (χ0v) is 18.9. The zero-order chi connectivity index (χ0) is 22.5. The summed E-state index contributed by atoms with van der Waals surface area (Å²) in [6, 6.07) is 3.16. The molecule has 2 N–H and O–H groups in total. The molecule has 1 fully saturated rings. The van der Waals surface area contributed by atoms with Gasteiger partial charge in [0.15, 0.2) is 0 Å². The van der Waals surface area contributed by atoms with Crippen LogP contribution in [0.3, 0.4) is 0 Å². The maximum Gasteiger partial charge on any atom is 0.321 e. The Morgan fingerprint density at radius 3 is 2.68 bits per heavy atom. The number of allylic oxidation sites excluding steroid dienone is 2. The van der Waals surface area contributed by atoms with E-state index in [1.807, 2.05) is 0 Å². The van der Waals surface area contributed by atoms with Gasteiger partial charge in [0, 0.05) is 15.9 Å². The number of hydrogen-bond donors (Lipinski definition) is 2. The number of aliphatic carboxylic acids is 1. The van der Waals surface area contributed by atoms with Gasteiger partial charge in [0.05, 0.1) is 5.56 Å². The van der Waals surface area contributed by atoms with Gasteiger partial charge in [-0.3, -0.25) is 4.79 Å². The topological polar surface area (TPSA) is 105 Å². The first-order valence-electron chi connectivity index (χ1n) is 10.1. The van der Waals surface area contributed by atoms with Gasteiger partial charge in [0.25, 0.3) is 0 Å². The lowest BCUT2D eigenvalue weighted by molar-refractivity contribution is -0.138. The zero-order valence-electron chi connectivity index (χ0n) is 17.4. The van der Waals surface area contributed by atoms with Gasteiger partial charge in [-0.2, -0.15) is 4.98 Å². The van der Waals surface area contributed by atoms with E-state index in [1.165, 1.54) is 18.6 Å². The fourth-order valence-corrected chi connectivity index (χ4v) is 4.57. The third-order valence-corrected chi connectivity index (χ3v) is 7.18. The quantitative estimate of drug-likeness (QED) is 0.582. The lowest BCUT2D eigenvalue weighted by Crippen LogP contribution is -2.39. The monoisotopic (exact) mass is 469 g/mol. The van der Waals surface area contributed by atoms with E-state index in [9.17, 15) is 18.5 Å². The minimum absolute atomic E-state index is 0.0630. The van der Waals surface area contributed by atoms with Gasteiger partial charge in [0.1, 0.15) is 22.8 Å². The van der Waals surface area contributed by atoms with Crippen LogP contribution in [0.2, 0.25) is 0 Å². The molecule has 0 aliphatic heterocycles. The molecule has 31 heavy (non-hydrogen) atoms. The Morgan fingerprint density at radius 1 is 1.35 bits per heavy atom. The molecule has 7 nitrogen and oxygen atoms in total. The van der Waals surface area contributed by atoms with Crippen LogP contribution in [0.5, 0.6) is 0 Å². The molecule has 0 spiro atoms. The Morgan fingerprint density at radius 2 is 2.06 bits per heavy atom. The summed E-state index contributed by atoms with van der Waals surface area (Å²) in [6.07, 6.45) is 5.36. The number of nitrogens with zero attached hydrogens (tertiary/aromatic N) is 2. The van der Waals surface area contributed by atoms with E-state index in [1.54, 1.807) is 19.9 Å². The van der Waals surface area contributed by atoms with Gasteiger partial charge < -0.3 is 9.63 Å².